The van der Waals surface area contributed by atoms with Crippen molar-refractivity contribution >= 4 is 5.97 Å². The number of hydrogen-bond acceptors (Lipinski definition) is 3. The molecule has 0 aliphatic heterocycles. The van der Waals surface area contributed by atoms with Crippen molar-refractivity contribution in [3.05, 3.63) is 35.9 Å². The van der Waals surface area contributed by atoms with Crippen LogP contribution in [0.2, 0.25) is 0 Å². The molecule has 0 aliphatic carbocycles. The fourth-order valence-electron chi connectivity index (χ4n) is 1.90. The van der Waals surface area contributed by atoms with Crippen LogP contribution in [0, 0.1) is 5.92 Å². The van der Waals surface area contributed by atoms with Crippen LogP contribution in [0.3, 0.4) is 0 Å². The maximum Gasteiger partial charge on any atom is 0.338 e. The van der Waals surface area contributed by atoms with E-state index in [-0.39, 0.29) is 5.97 Å². The second-order valence-corrected chi connectivity index (χ2v) is 4.99. The van der Waals surface area contributed by atoms with Gasteiger partial charge in [0.2, 0.25) is 0 Å². The molecular weight excluding hydrogens is 226 g/mol. The Morgan fingerprint density at radius 3 is 2.50 bits per heavy atom. The summed E-state index contributed by atoms with van der Waals surface area (Å²) in [5, 5.41) is 3.34. The van der Waals surface area contributed by atoms with Gasteiger partial charge in [-0.2, -0.15) is 0 Å². The zero-order chi connectivity index (χ0) is 13.4. The fourth-order valence-corrected chi connectivity index (χ4v) is 1.90. The van der Waals surface area contributed by atoms with E-state index in [0.29, 0.717) is 30.7 Å². The number of rotatable bonds is 7. The highest BCUT2D eigenvalue weighted by Gasteiger charge is 2.07. The van der Waals surface area contributed by atoms with Gasteiger partial charge in [-0.3, -0.25) is 0 Å². The summed E-state index contributed by atoms with van der Waals surface area (Å²) in [4.78, 5) is 11.6. The Bertz CT molecular complexity index is 349. The Balaban J connectivity index is 2.17. The van der Waals surface area contributed by atoms with Crippen molar-refractivity contribution < 1.29 is 9.53 Å². The van der Waals surface area contributed by atoms with Crippen molar-refractivity contribution in [1.29, 1.82) is 0 Å². The van der Waals surface area contributed by atoms with E-state index in [1.807, 2.05) is 18.2 Å². The molecule has 0 aliphatic rings. The summed E-state index contributed by atoms with van der Waals surface area (Å²) in [7, 11) is 0. The lowest BCUT2D eigenvalue weighted by Gasteiger charge is -2.15. The van der Waals surface area contributed by atoms with E-state index < -0.39 is 0 Å². The zero-order valence-corrected chi connectivity index (χ0v) is 11.5. The fraction of sp³-hybridized carbons (Fsp3) is 0.533. The van der Waals surface area contributed by atoms with Gasteiger partial charge >= 0.3 is 5.97 Å². The van der Waals surface area contributed by atoms with Crippen LogP contribution in [0.25, 0.3) is 0 Å². The van der Waals surface area contributed by atoms with Gasteiger partial charge in [-0.05, 0) is 31.4 Å². The molecule has 0 saturated carbocycles. The Morgan fingerprint density at radius 2 is 1.89 bits per heavy atom. The highest BCUT2D eigenvalue weighted by Crippen LogP contribution is 2.03. The molecule has 100 valence electrons. The number of esters is 1. The minimum atomic E-state index is -0.256. The average Bonchev–Trinajstić information content (AvgIpc) is 2.34. The molecule has 1 atom stereocenters. The quantitative estimate of drug-likeness (QED) is 0.596. The second-order valence-electron chi connectivity index (χ2n) is 4.99. The van der Waals surface area contributed by atoms with Crippen LogP contribution in [0.4, 0.5) is 0 Å². The number of carbonyl (C=O) groups excluding carboxylic acids is 1. The molecule has 0 fully saturated rings. The zero-order valence-electron chi connectivity index (χ0n) is 11.5. The molecule has 0 bridgehead atoms. The lowest BCUT2D eigenvalue weighted by atomic mass is 10.1. The van der Waals surface area contributed by atoms with E-state index in [4.69, 9.17) is 4.74 Å². The summed E-state index contributed by atoms with van der Waals surface area (Å²) in [6.07, 6.45) is 1.13. The molecule has 1 aromatic rings. The molecule has 3 nitrogen and oxygen atoms in total. The van der Waals surface area contributed by atoms with Crippen molar-refractivity contribution in [2.75, 3.05) is 13.2 Å². The van der Waals surface area contributed by atoms with Crippen molar-refractivity contribution in [3.8, 4) is 0 Å². The Labute approximate surface area is 110 Å². The first kappa shape index (κ1) is 14.7. The van der Waals surface area contributed by atoms with Gasteiger partial charge in [0.1, 0.15) is 6.61 Å². The first-order valence-electron chi connectivity index (χ1n) is 6.55. The van der Waals surface area contributed by atoms with Crippen molar-refractivity contribution in [2.45, 2.75) is 33.2 Å². The third-order valence-electron chi connectivity index (χ3n) is 2.66. The third kappa shape index (κ3) is 5.82. The molecule has 0 heterocycles. The predicted octanol–water partition coefficient (Wildman–Crippen LogP) is 2.87. The van der Waals surface area contributed by atoms with E-state index >= 15 is 0 Å². The Hall–Kier alpha value is -1.35. The van der Waals surface area contributed by atoms with E-state index in [2.05, 4.69) is 26.1 Å². The standard InChI is InChI=1S/C15H23NO2/c1-12(2)11-13(3)16-9-10-18-15(17)14-7-5-4-6-8-14/h4-8,12-13,16H,9-11H2,1-3H3/t13-/m0/s1. The summed E-state index contributed by atoms with van der Waals surface area (Å²) in [5.41, 5.74) is 0.604. The van der Waals surface area contributed by atoms with Gasteiger partial charge in [0.25, 0.3) is 0 Å². The van der Waals surface area contributed by atoms with Crippen LogP contribution in [0.15, 0.2) is 30.3 Å². The van der Waals surface area contributed by atoms with Crippen LogP contribution in [-0.2, 0) is 4.74 Å². The Kier molecular flexibility index (Phi) is 6.44. The molecule has 0 spiro atoms. The highest BCUT2D eigenvalue weighted by molar-refractivity contribution is 5.89. The van der Waals surface area contributed by atoms with Gasteiger partial charge in [0.05, 0.1) is 5.56 Å². The third-order valence-corrected chi connectivity index (χ3v) is 2.66. The molecule has 0 unspecified atom stereocenters. The first-order valence-corrected chi connectivity index (χ1v) is 6.55. The number of hydrogen-bond donors (Lipinski definition) is 1. The molecule has 0 saturated heterocycles. The minimum Gasteiger partial charge on any atom is -0.461 e. The summed E-state index contributed by atoms with van der Waals surface area (Å²) < 4.78 is 5.18. The first-order chi connectivity index (χ1) is 8.59. The highest BCUT2D eigenvalue weighted by atomic mass is 16.5. The topological polar surface area (TPSA) is 38.3 Å². The van der Waals surface area contributed by atoms with Gasteiger partial charge in [-0.15, -0.1) is 0 Å². The molecule has 3 heteroatoms. The predicted molar refractivity (Wildman–Crippen MR) is 73.6 cm³/mol. The lowest BCUT2D eigenvalue weighted by molar-refractivity contribution is 0.0505. The largest absolute Gasteiger partial charge is 0.461 e. The minimum absolute atomic E-state index is 0.256. The second kappa shape index (κ2) is 7.88. The van der Waals surface area contributed by atoms with E-state index in [1.165, 1.54) is 0 Å². The van der Waals surface area contributed by atoms with Crippen LogP contribution in [0.5, 0.6) is 0 Å². The summed E-state index contributed by atoms with van der Waals surface area (Å²) >= 11 is 0. The molecule has 0 aromatic heterocycles. The Morgan fingerprint density at radius 1 is 1.22 bits per heavy atom. The van der Waals surface area contributed by atoms with Crippen molar-refractivity contribution in [2.24, 2.45) is 5.92 Å². The van der Waals surface area contributed by atoms with Gasteiger partial charge in [0, 0.05) is 12.6 Å². The van der Waals surface area contributed by atoms with Crippen molar-refractivity contribution in [1.82, 2.24) is 5.32 Å². The lowest BCUT2D eigenvalue weighted by Crippen LogP contribution is -2.31. The maximum atomic E-state index is 11.6. The number of benzene rings is 1. The molecule has 1 N–H and O–H groups in total. The monoisotopic (exact) mass is 249 g/mol. The van der Waals surface area contributed by atoms with Crippen LogP contribution >= 0.6 is 0 Å². The molecule has 1 rings (SSSR count). The van der Waals surface area contributed by atoms with E-state index in [9.17, 15) is 4.79 Å². The molecule has 1 aromatic carbocycles. The molecule has 0 radical (unpaired) electrons. The van der Waals surface area contributed by atoms with E-state index in [0.717, 1.165) is 6.42 Å². The summed E-state index contributed by atoms with van der Waals surface area (Å²) in [5.74, 6) is 0.424. The number of nitrogens with one attached hydrogen (secondary N) is 1. The molecular formula is C15H23NO2. The maximum absolute atomic E-state index is 11.6. The number of ether oxygens (including phenoxy) is 1. The van der Waals surface area contributed by atoms with E-state index in [1.54, 1.807) is 12.1 Å². The molecule has 18 heavy (non-hydrogen) atoms. The van der Waals surface area contributed by atoms with Crippen LogP contribution in [-0.4, -0.2) is 25.2 Å². The van der Waals surface area contributed by atoms with Crippen LogP contribution in [0.1, 0.15) is 37.6 Å². The smallest absolute Gasteiger partial charge is 0.338 e. The molecule has 0 amide bonds. The normalized spacial score (nSPS) is 12.4. The van der Waals surface area contributed by atoms with Crippen molar-refractivity contribution in [3.63, 3.8) is 0 Å². The van der Waals surface area contributed by atoms with Gasteiger partial charge in [0.15, 0.2) is 0 Å². The van der Waals surface area contributed by atoms with Crippen LogP contribution < -0.4 is 5.32 Å². The summed E-state index contributed by atoms with van der Waals surface area (Å²) in [6, 6.07) is 9.53. The van der Waals surface area contributed by atoms with Gasteiger partial charge in [-0.1, -0.05) is 32.0 Å². The SMILES string of the molecule is CC(C)C[C@H](C)NCCOC(=O)c1ccccc1. The summed E-state index contributed by atoms with van der Waals surface area (Å²) in [6.45, 7) is 7.67. The number of carbonyl (C=O) groups is 1. The average molecular weight is 249 g/mol. The van der Waals surface area contributed by atoms with Gasteiger partial charge in [-0.25, -0.2) is 4.79 Å². The van der Waals surface area contributed by atoms with Gasteiger partial charge < -0.3 is 10.1 Å².